The van der Waals surface area contributed by atoms with Gasteiger partial charge in [-0.05, 0) is 24.6 Å². The van der Waals surface area contributed by atoms with Gasteiger partial charge in [0.15, 0.2) is 0 Å². The zero-order chi connectivity index (χ0) is 12.8. The second kappa shape index (κ2) is 6.18. The van der Waals surface area contributed by atoms with E-state index in [1.165, 1.54) is 0 Å². The molecular weight excluding hydrogens is 242 g/mol. The van der Waals surface area contributed by atoms with Gasteiger partial charge in [-0.3, -0.25) is 0 Å². The van der Waals surface area contributed by atoms with E-state index >= 15 is 0 Å². The highest BCUT2D eigenvalue weighted by Crippen LogP contribution is 2.17. The fourth-order valence-electron chi connectivity index (χ4n) is 1.66. The molecule has 2 aromatic carbocycles. The summed E-state index contributed by atoms with van der Waals surface area (Å²) in [7, 11) is 0. The molecule has 0 heterocycles. The average Bonchev–Trinajstić information content (AvgIpc) is 2.46. The van der Waals surface area contributed by atoms with Crippen molar-refractivity contribution < 1.29 is 0 Å². The second-order valence-electron chi connectivity index (χ2n) is 3.95. The number of rotatable bonds is 3. The largest absolute Gasteiger partial charge is 0.248 e. The van der Waals surface area contributed by atoms with E-state index in [0.29, 0.717) is 0 Å². The minimum Gasteiger partial charge on any atom is -0.248 e. The van der Waals surface area contributed by atoms with E-state index in [2.05, 4.69) is 4.99 Å². The summed E-state index contributed by atoms with van der Waals surface area (Å²) in [4.78, 5) is 4.66. The van der Waals surface area contributed by atoms with Crippen LogP contribution < -0.4 is 0 Å². The standard InChI is InChI=1S/C16H14ClN/c1-13(12-17)16(14-8-4-2-5-9-14)18-15-10-6-3-7-11-15/h2-12H,1H3. The van der Waals surface area contributed by atoms with E-state index in [0.717, 1.165) is 22.5 Å². The van der Waals surface area contributed by atoms with Crippen LogP contribution in [0.15, 0.2) is 76.8 Å². The first-order valence-electron chi connectivity index (χ1n) is 5.78. The summed E-state index contributed by atoms with van der Waals surface area (Å²) in [5.41, 5.74) is 5.41. The molecule has 0 saturated carbocycles. The second-order valence-corrected chi connectivity index (χ2v) is 4.17. The van der Waals surface area contributed by atoms with E-state index in [4.69, 9.17) is 11.6 Å². The number of nitrogens with zero attached hydrogens (tertiary/aromatic N) is 1. The van der Waals surface area contributed by atoms with Gasteiger partial charge in [0, 0.05) is 11.1 Å². The summed E-state index contributed by atoms with van der Waals surface area (Å²) < 4.78 is 0. The highest BCUT2D eigenvalue weighted by atomic mass is 35.5. The summed E-state index contributed by atoms with van der Waals surface area (Å²) in [6, 6.07) is 19.9. The highest BCUT2D eigenvalue weighted by molar-refractivity contribution is 6.29. The molecule has 2 heteroatoms. The van der Waals surface area contributed by atoms with E-state index in [9.17, 15) is 0 Å². The molecule has 2 rings (SSSR count). The van der Waals surface area contributed by atoms with Crippen LogP contribution in [0.2, 0.25) is 0 Å². The zero-order valence-electron chi connectivity index (χ0n) is 10.2. The Morgan fingerprint density at radius 2 is 1.50 bits per heavy atom. The van der Waals surface area contributed by atoms with Crippen LogP contribution in [0, 0.1) is 0 Å². The lowest BCUT2D eigenvalue weighted by Crippen LogP contribution is -2.01. The van der Waals surface area contributed by atoms with Gasteiger partial charge >= 0.3 is 0 Å². The van der Waals surface area contributed by atoms with Crippen LogP contribution in [0.25, 0.3) is 0 Å². The molecule has 0 saturated heterocycles. The van der Waals surface area contributed by atoms with Crippen molar-refractivity contribution >= 4 is 23.0 Å². The van der Waals surface area contributed by atoms with Crippen LogP contribution >= 0.6 is 11.6 Å². The fraction of sp³-hybridized carbons (Fsp3) is 0.0625. The number of hydrogen-bond acceptors (Lipinski definition) is 1. The van der Waals surface area contributed by atoms with Crippen molar-refractivity contribution in [3.05, 3.63) is 77.3 Å². The van der Waals surface area contributed by atoms with Gasteiger partial charge in [0.1, 0.15) is 0 Å². The summed E-state index contributed by atoms with van der Waals surface area (Å²) in [6.07, 6.45) is 0. The number of aliphatic imine (C=N–C) groups is 1. The van der Waals surface area contributed by atoms with Crippen LogP contribution in [-0.4, -0.2) is 5.71 Å². The van der Waals surface area contributed by atoms with Gasteiger partial charge in [-0.15, -0.1) is 0 Å². The predicted molar refractivity (Wildman–Crippen MR) is 78.7 cm³/mol. The molecule has 0 aliphatic rings. The molecule has 90 valence electrons. The Morgan fingerprint density at radius 3 is 2.06 bits per heavy atom. The molecule has 0 amide bonds. The maximum Gasteiger partial charge on any atom is 0.0747 e. The molecule has 2 aromatic rings. The van der Waals surface area contributed by atoms with Crippen molar-refractivity contribution in [3.8, 4) is 0 Å². The summed E-state index contributed by atoms with van der Waals surface area (Å²) in [6.45, 7) is 1.96. The van der Waals surface area contributed by atoms with E-state index in [-0.39, 0.29) is 0 Å². The van der Waals surface area contributed by atoms with Crippen molar-refractivity contribution in [1.82, 2.24) is 0 Å². The maximum absolute atomic E-state index is 5.82. The van der Waals surface area contributed by atoms with Gasteiger partial charge in [0.05, 0.1) is 11.4 Å². The smallest absolute Gasteiger partial charge is 0.0747 e. The van der Waals surface area contributed by atoms with Crippen LogP contribution in [0.4, 0.5) is 5.69 Å². The third-order valence-electron chi connectivity index (χ3n) is 2.58. The molecule has 0 unspecified atom stereocenters. The van der Waals surface area contributed by atoms with Gasteiger partial charge in [-0.2, -0.15) is 0 Å². The average molecular weight is 256 g/mol. The molecule has 0 atom stereocenters. The Balaban J connectivity index is 2.48. The van der Waals surface area contributed by atoms with Gasteiger partial charge in [-0.25, -0.2) is 4.99 Å². The lowest BCUT2D eigenvalue weighted by atomic mass is 10.0. The SMILES string of the molecule is CC(=CCl)C(=Nc1ccccc1)c1ccccc1. The third kappa shape index (κ3) is 3.08. The topological polar surface area (TPSA) is 12.4 Å². The Kier molecular flexibility index (Phi) is 4.32. The fourth-order valence-corrected chi connectivity index (χ4v) is 1.76. The number of para-hydroxylation sites is 1. The van der Waals surface area contributed by atoms with Crippen LogP contribution in [0.5, 0.6) is 0 Å². The van der Waals surface area contributed by atoms with Gasteiger partial charge in [-0.1, -0.05) is 60.1 Å². The first-order chi connectivity index (χ1) is 8.81. The monoisotopic (exact) mass is 255 g/mol. The predicted octanol–water partition coefficient (Wildman–Crippen LogP) is 4.95. The third-order valence-corrected chi connectivity index (χ3v) is 2.91. The van der Waals surface area contributed by atoms with Crippen molar-refractivity contribution in [2.24, 2.45) is 4.99 Å². The minimum atomic E-state index is 0.900. The van der Waals surface area contributed by atoms with Crippen molar-refractivity contribution in [2.75, 3.05) is 0 Å². The number of benzene rings is 2. The number of allylic oxidation sites excluding steroid dienone is 1. The normalized spacial score (nSPS) is 12.6. The van der Waals surface area contributed by atoms with Gasteiger partial charge < -0.3 is 0 Å². The van der Waals surface area contributed by atoms with Gasteiger partial charge in [0.25, 0.3) is 0 Å². The Hall–Kier alpha value is -1.86. The molecule has 0 fully saturated rings. The molecule has 1 nitrogen and oxygen atoms in total. The minimum absolute atomic E-state index is 0.900. The van der Waals surface area contributed by atoms with Crippen molar-refractivity contribution in [1.29, 1.82) is 0 Å². The molecule has 0 aliphatic carbocycles. The molecule has 0 spiro atoms. The van der Waals surface area contributed by atoms with Crippen molar-refractivity contribution in [3.63, 3.8) is 0 Å². The molecular formula is C16H14ClN. The first-order valence-corrected chi connectivity index (χ1v) is 6.21. The van der Waals surface area contributed by atoms with E-state index in [1.54, 1.807) is 5.54 Å². The Labute approximate surface area is 112 Å². The molecule has 0 aromatic heterocycles. The quantitative estimate of drug-likeness (QED) is 0.688. The molecule has 0 bridgehead atoms. The van der Waals surface area contributed by atoms with E-state index < -0.39 is 0 Å². The van der Waals surface area contributed by atoms with Gasteiger partial charge in [0.2, 0.25) is 0 Å². The lowest BCUT2D eigenvalue weighted by molar-refractivity contribution is 1.45. The molecule has 0 radical (unpaired) electrons. The maximum atomic E-state index is 5.82. The van der Waals surface area contributed by atoms with Crippen LogP contribution in [-0.2, 0) is 0 Å². The molecule has 0 aliphatic heterocycles. The van der Waals surface area contributed by atoms with Crippen LogP contribution in [0.1, 0.15) is 12.5 Å². The Bertz CT molecular complexity index is 556. The first kappa shape index (κ1) is 12.6. The van der Waals surface area contributed by atoms with Crippen LogP contribution in [0.3, 0.4) is 0 Å². The molecule has 18 heavy (non-hydrogen) atoms. The van der Waals surface area contributed by atoms with Crippen molar-refractivity contribution in [2.45, 2.75) is 6.92 Å². The number of halogens is 1. The highest BCUT2D eigenvalue weighted by Gasteiger charge is 2.05. The number of hydrogen-bond donors (Lipinski definition) is 0. The Morgan fingerprint density at radius 1 is 0.944 bits per heavy atom. The van der Waals surface area contributed by atoms with E-state index in [1.807, 2.05) is 67.6 Å². The summed E-state index contributed by atoms with van der Waals surface area (Å²) in [5.74, 6) is 0. The summed E-state index contributed by atoms with van der Waals surface area (Å²) in [5, 5.41) is 0. The lowest BCUT2D eigenvalue weighted by Gasteiger charge is -2.06. The zero-order valence-corrected chi connectivity index (χ0v) is 10.9. The molecule has 0 N–H and O–H groups in total. The summed E-state index contributed by atoms with van der Waals surface area (Å²) >= 11 is 5.82.